The molecule has 300 valence electrons. The molecule has 0 saturated carbocycles. The van der Waals surface area contributed by atoms with E-state index < -0.39 is 72.6 Å². The van der Waals surface area contributed by atoms with Gasteiger partial charge in [0.1, 0.15) is 23.4 Å². The molecule has 0 aliphatic rings. The van der Waals surface area contributed by atoms with Crippen LogP contribution in [0.25, 0.3) is 0 Å². The summed E-state index contributed by atoms with van der Waals surface area (Å²) in [6.07, 6.45) is 19.0. The maximum atomic E-state index is 14.6. The molecule has 0 aromatic heterocycles. The van der Waals surface area contributed by atoms with Gasteiger partial charge in [0.25, 0.3) is 0 Å². The predicted molar refractivity (Wildman–Crippen MR) is 194 cm³/mol. The smallest absolute Gasteiger partial charge is 0.465 e. The number of rotatable bonds is 27. The Morgan fingerprint density at radius 1 is 0.611 bits per heavy atom. The summed E-state index contributed by atoms with van der Waals surface area (Å²) in [7, 11) is -5.30. The third-order valence-electron chi connectivity index (χ3n) is 8.80. The van der Waals surface area contributed by atoms with Gasteiger partial charge in [-0.2, -0.15) is 13.9 Å². The molecule has 3 aromatic rings. The van der Waals surface area contributed by atoms with E-state index in [1.165, 1.54) is 101 Å². The van der Waals surface area contributed by atoms with Crippen LogP contribution in [-0.2, 0) is 20.5 Å². The minimum absolute atomic E-state index is 0.0878. The molecule has 0 fully saturated rings. The van der Waals surface area contributed by atoms with Crippen molar-refractivity contribution in [3.63, 3.8) is 0 Å². The molecule has 6 nitrogen and oxygen atoms in total. The molecule has 3 aromatic carbocycles. The zero-order valence-electron chi connectivity index (χ0n) is 30.8. The number of carbonyl (C=O) groups excluding carboxylic acids is 1. The highest BCUT2D eigenvalue weighted by Gasteiger charge is 2.40. The van der Waals surface area contributed by atoms with Crippen molar-refractivity contribution < 1.29 is 53.9 Å². The molecule has 0 radical (unpaired) electrons. The summed E-state index contributed by atoms with van der Waals surface area (Å²) in [5.41, 5.74) is -0.123. The maximum absolute atomic E-state index is 14.6. The average molecular weight is 790 g/mol. The van der Waals surface area contributed by atoms with E-state index in [0.29, 0.717) is 12.5 Å². The molecular formula is C40H51F7NO5P. The number of hydrogen-bond donors (Lipinski definition) is 1. The van der Waals surface area contributed by atoms with Crippen LogP contribution < -0.4 is 14.1 Å². The third-order valence-corrected chi connectivity index (χ3v) is 10.3. The minimum atomic E-state index is -5.30. The topological polar surface area (TPSA) is 73.9 Å². The van der Waals surface area contributed by atoms with Gasteiger partial charge in [0, 0.05) is 6.07 Å². The Bertz CT molecular complexity index is 1580. The van der Waals surface area contributed by atoms with E-state index in [-0.39, 0.29) is 17.9 Å². The summed E-state index contributed by atoms with van der Waals surface area (Å²) in [4.78, 5) is 13.3. The van der Waals surface area contributed by atoms with Crippen LogP contribution in [0.3, 0.4) is 0 Å². The van der Waals surface area contributed by atoms with Gasteiger partial charge in [0.05, 0.1) is 6.61 Å². The van der Waals surface area contributed by atoms with Gasteiger partial charge in [-0.15, -0.1) is 0 Å². The van der Waals surface area contributed by atoms with Crippen LogP contribution in [-0.4, -0.2) is 18.6 Å². The lowest BCUT2D eigenvalue weighted by molar-refractivity contribution is -0.145. The fourth-order valence-electron chi connectivity index (χ4n) is 5.91. The number of unbranched alkanes of at least 4 members (excludes halogenated alkanes) is 16. The molecule has 0 heterocycles. The van der Waals surface area contributed by atoms with Gasteiger partial charge >= 0.3 is 13.7 Å². The van der Waals surface area contributed by atoms with Gasteiger partial charge in [-0.1, -0.05) is 128 Å². The van der Waals surface area contributed by atoms with E-state index in [4.69, 9.17) is 13.8 Å². The molecule has 2 atom stereocenters. The summed E-state index contributed by atoms with van der Waals surface area (Å²) in [6.45, 7) is 2.14. The Balaban J connectivity index is 1.57. The van der Waals surface area contributed by atoms with Crippen LogP contribution in [0.2, 0.25) is 0 Å². The Kier molecular flexibility index (Phi) is 20.0. The molecule has 54 heavy (non-hydrogen) atoms. The van der Waals surface area contributed by atoms with E-state index in [0.717, 1.165) is 44.2 Å². The molecule has 3 rings (SSSR count). The van der Waals surface area contributed by atoms with E-state index in [2.05, 4.69) is 12.0 Å². The van der Waals surface area contributed by atoms with Gasteiger partial charge in [-0.25, -0.2) is 26.5 Å². The predicted octanol–water partition coefficient (Wildman–Crippen LogP) is 12.6. The molecule has 0 bridgehead atoms. The SMILES string of the molecule is CCCCCCCCCCCCCCCCCCCOC(=O)[C@H](Cc1cc(F)cc(F)c1)N[P@](=O)(Oc1ccccc1)Oc1c(F)c(F)c(F)c(F)c1F. The van der Waals surface area contributed by atoms with E-state index in [1.54, 1.807) is 0 Å². The highest BCUT2D eigenvalue weighted by molar-refractivity contribution is 7.52. The molecule has 14 heteroatoms. The van der Waals surface area contributed by atoms with Crippen molar-refractivity contribution in [3.05, 3.63) is 94.8 Å². The number of benzene rings is 3. The highest BCUT2D eigenvalue weighted by Crippen LogP contribution is 2.48. The summed E-state index contributed by atoms with van der Waals surface area (Å²) in [6, 6.07) is 7.40. The molecule has 0 aliphatic carbocycles. The van der Waals surface area contributed by atoms with Crippen molar-refractivity contribution in [1.82, 2.24) is 5.09 Å². The fraction of sp³-hybridized carbons (Fsp3) is 0.525. The Morgan fingerprint density at radius 2 is 1.06 bits per heavy atom. The van der Waals surface area contributed by atoms with Crippen molar-refractivity contribution in [1.29, 1.82) is 0 Å². The molecule has 1 N–H and O–H groups in total. The number of nitrogens with one attached hydrogen (secondary N) is 1. The van der Waals surface area contributed by atoms with Crippen molar-refractivity contribution >= 4 is 13.7 Å². The van der Waals surface area contributed by atoms with Crippen molar-refractivity contribution in [2.24, 2.45) is 0 Å². The largest absolute Gasteiger partial charge is 0.513 e. The van der Waals surface area contributed by atoms with Crippen LogP contribution in [0, 0.1) is 40.7 Å². The summed E-state index contributed by atoms with van der Waals surface area (Å²) in [5, 5.41) is 2.15. The number of para-hydroxylation sites is 1. The standard InChI is InChI=1S/C40H51F7NO5P/c1-2-3-4-5-6-7-8-9-10-11-12-13-14-15-16-17-21-24-51-40(49)33(27-29-25-30(41)28-31(42)26-29)48-54(50,52-32-22-19-18-20-23-32)53-39-37(46)35(44)34(43)36(45)38(39)47/h18-20,22-23,25-26,28,33H,2-17,21,24,27H2,1H3,(H,48,50)/t33-,54-/m0/s1. The van der Waals surface area contributed by atoms with E-state index in [9.17, 15) is 40.1 Å². The van der Waals surface area contributed by atoms with Crippen LogP contribution in [0.5, 0.6) is 11.5 Å². The molecule has 0 amide bonds. The number of esters is 1. The number of halogens is 7. The lowest BCUT2D eigenvalue weighted by Gasteiger charge is -2.25. The molecule has 0 spiro atoms. The van der Waals surface area contributed by atoms with Crippen molar-refractivity contribution in [2.45, 2.75) is 129 Å². The first-order valence-corrected chi connectivity index (χ1v) is 20.4. The number of carbonyl (C=O) groups is 1. The third kappa shape index (κ3) is 15.7. The van der Waals surface area contributed by atoms with Gasteiger partial charge < -0.3 is 13.8 Å². The van der Waals surface area contributed by atoms with E-state index >= 15 is 0 Å². The molecule has 0 aliphatic heterocycles. The number of ether oxygens (including phenoxy) is 1. The second kappa shape index (κ2) is 24.1. The first-order chi connectivity index (χ1) is 25.9. The molecule has 0 saturated heterocycles. The maximum Gasteiger partial charge on any atom is 0.513 e. The van der Waals surface area contributed by atoms with E-state index in [1.807, 2.05) is 0 Å². The molecule has 0 unspecified atom stereocenters. The van der Waals surface area contributed by atoms with Gasteiger partial charge in [-0.05, 0) is 42.7 Å². The van der Waals surface area contributed by atoms with Crippen molar-refractivity contribution in [2.75, 3.05) is 6.61 Å². The Labute approximate surface area is 313 Å². The van der Waals surface area contributed by atoms with Gasteiger partial charge in [0.2, 0.25) is 34.8 Å². The van der Waals surface area contributed by atoms with Crippen molar-refractivity contribution in [3.8, 4) is 11.5 Å². The Hall–Kier alpha value is -3.57. The van der Waals surface area contributed by atoms with Crippen LogP contribution in [0.15, 0.2) is 48.5 Å². The summed E-state index contributed by atoms with van der Waals surface area (Å²) >= 11 is 0. The minimum Gasteiger partial charge on any atom is -0.465 e. The monoisotopic (exact) mass is 789 g/mol. The zero-order valence-corrected chi connectivity index (χ0v) is 31.7. The fourth-order valence-corrected chi connectivity index (χ4v) is 7.43. The number of hydrogen-bond acceptors (Lipinski definition) is 5. The first-order valence-electron chi connectivity index (χ1n) is 18.9. The summed E-state index contributed by atoms with van der Waals surface area (Å²) in [5.74, 6) is -17.4. The van der Waals surface area contributed by atoms with Crippen LogP contribution in [0.4, 0.5) is 30.7 Å². The van der Waals surface area contributed by atoms with Gasteiger partial charge in [-0.3, -0.25) is 4.79 Å². The van der Waals surface area contributed by atoms with Gasteiger partial charge in [0.15, 0.2) is 0 Å². The second-order valence-electron chi connectivity index (χ2n) is 13.4. The summed E-state index contributed by atoms with van der Waals surface area (Å²) < 4.78 is 129. The lowest BCUT2D eigenvalue weighted by Crippen LogP contribution is -2.40. The normalized spacial score (nSPS) is 13.0. The molecular weight excluding hydrogens is 738 g/mol. The zero-order chi connectivity index (χ0) is 39.3. The lowest BCUT2D eigenvalue weighted by atomic mass is 10.0. The van der Waals surface area contributed by atoms with Crippen LogP contribution >= 0.6 is 7.75 Å². The Morgan fingerprint density at radius 3 is 1.54 bits per heavy atom. The second-order valence-corrected chi connectivity index (χ2v) is 15.0. The quantitative estimate of drug-likeness (QED) is 0.0207. The average Bonchev–Trinajstić information content (AvgIpc) is 3.14. The highest BCUT2D eigenvalue weighted by atomic mass is 31.2. The first kappa shape index (κ1) is 44.8. The van der Waals surface area contributed by atoms with Crippen LogP contribution in [0.1, 0.15) is 122 Å².